The molecule has 0 radical (unpaired) electrons. The van der Waals surface area contributed by atoms with E-state index >= 15 is 0 Å². The minimum absolute atomic E-state index is 0.0261. The van der Waals surface area contributed by atoms with Crippen LogP contribution in [0.4, 0.5) is 0 Å². The fraction of sp³-hybridized carbons (Fsp3) is 0.514. The van der Waals surface area contributed by atoms with Crippen molar-refractivity contribution < 1.29 is 31.3 Å². The molecule has 6 fully saturated rings. The van der Waals surface area contributed by atoms with Gasteiger partial charge < -0.3 is 9.67 Å². The molecule has 0 aliphatic heterocycles. The molecule has 6 aliphatic carbocycles. The molecule has 0 bridgehead atoms. The Morgan fingerprint density at radius 1 is 0.610 bits per heavy atom. The quantitative estimate of drug-likeness (QED) is 0.118. The largest absolute Gasteiger partial charge is 0.393 e. The van der Waals surface area contributed by atoms with Crippen molar-refractivity contribution >= 4 is 43.2 Å². The summed E-state index contributed by atoms with van der Waals surface area (Å²) in [6, 6.07) is 37.4. The molecule has 442 valence electrons. The summed E-state index contributed by atoms with van der Waals surface area (Å²) in [5.74, 6) is 3.83. The number of rotatable bonds is 15. The SMILES string of the molecule is C=C1CC[C@H](C)C/C1=C/CP(=O)(c1ccccc1)c1ccccc1.C=C1CC[C@H](O)C/C1=C/C=C1\CCC[C@]2(C)C(C(C)CCS(=O)(=O)c3ccccc3)CC[C@@H]12.CC(CCS(=O)(=O)c1ccccc1)C1CC[C@@]2(C)C(=O)CCC[C@]12C. The number of aliphatic hydroxyl groups is 1. The maximum absolute atomic E-state index is 14.0. The van der Waals surface area contributed by atoms with Crippen LogP contribution in [-0.2, 0) is 29.0 Å². The zero-order valence-electron chi connectivity index (χ0n) is 50.2. The van der Waals surface area contributed by atoms with Gasteiger partial charge in [0.15, 0.2) is 19.7 Å². The first-order valence-corrected chi connectivity index (χ1v) is 36.1. The number of fused-ring (bicyclic) bond motifs is 2. The smallest absolute Gasteiger partial charge is 0.178 e. The van der Waals surface area contributed by atoms with Crippen molar-refractivity contribution in [1.82, 2.24) is 0 Å². The Balaban J connectivity index is 0.000000164. The highest BCUT2D eigenvalue weighted by atomic mass is 32.2. The lowest BCUT2D eigenvalue weighted by Gasteiger charge is -2.48. The first-order valence-electron chi connectivity index (χ1n) is 30.9. The lowest BCUT2D eigenvalue weighted by Crippen LogP contribution is -2.47. The van der Waals surface area contributed by atoms with Gasteiger partial charge in [-0.2, -0.15) is 0 Å². The van der Waals surface area contributed by atoms with E-state index in [0.29, 0.717) is 63.7 Å². The zero-order valence-corrected chi connectivity index (χ0v) is 52.8. The minimum atomic E-state index is -3.23. The van der Waals surface area contributed by atoms with Crippen LogP contribution in [0.25, 0.3) is 0 Å². The second-order valence-corrected chi connectivity index (χ2v) is 33.4. The van der Waals surface area contributed by atoms with Gasteiger partial charge >= 0.3 is 0 Å². The highest BCUT2D eigenvalue weighted by Gasteiger charge is 2.60. The average molecular weight is 1170 g/mol. The van der Waals surface area contributed by atoms with E-state index in [4.69, 9.17) is 0 Å². The number of allylic oxidation sites excluding steroid dienone is 7. The number of ketones is 1. The molecule has 82 heavy (non-hydrogen) atoms. The van der Waals surface area contributed by atoms with Gasteiger partial charge in [-0.05, 0) is 191 Å². The van der Waals surface area contributed by atoms with Crippen LogP contribution in [0.2, 0.25) is 0 Å². The summed E-state index contributed by atoms with van der Waals surface area (Å²) in [7, 11) is -9.10. The van der Waals surface area contributed by atoms with E-state index in [2.05, 4.69) is 72.9 Å². The molecule has 0 spiro atoms. The van der Waals surface area contributed by atoms with E-state index in [1.54, 1.807) is 54.1 Å². The topological polar surface area (TPSA) is 123 Å². The Bertz CT molecular complexity index is 3180. The maximum Gasteiger partial charge on any atom is 0.178 e. The zero-order chi connectivity index (χ0) is 58.9. The fourth-order valence-electron chi connectivity index (χ4n) is 15.7. The van der Waals surface area contributed by atoms with Crippen LogP contribution in [0.3, 0.4) is 0 Å². The number of benzene rings is 4. The van der Waals surface area contributed by atoms with Crippen molar-refractivity contribution in [3.05, 3.63) is 181 Å². The van der Waals surface area contributed by atoms with Crippen molar-refractivity contribution in [1.29, 1.82) is 0 Å². The lowest BCUT2D eigenvalue weighted by atomic mass is 9.55. The number of Topliss-reactive ketones (excluding diaryl/α,β-unsaturated/α-hetero) is 1. The van der Waals surface area contributed by atoms with Crippen molar-refractivity contribution in [3.63, 3.8) is 0 Å². The van der Waals surface area contributed by atoms with Crippen LogP contribution < -0.4 is 10.6 Å². The van der Waals surface area contributed by atoms with E-state index in [1.165, 1.54) is 54.4 Å². The highest BCUT2D eigenvalue weighted by molar-refractivity contribution is 7.91. The van der Waals surface area contributed by atoms with Gasteiger partial charge in [0.05, 0.1) is 27.4 Å². The third-order valence-electron chi connectivity index (χ3n) is 21.1. The summed E-state index contributed by atoms with van der Waals surface area (Å²) in [4.78, 5) is 13.4. The van der Waals surface area contributed by atoms with Crippen LogP contribution in [0, 0.1) is 51.8 Å². The van der Waals surface area contributed by atoms with Crippen LogP contribution in [-0.4, -0.2) is 51.5 Å². The van der Waals surface area contributed by atoms with Gasteiger partial charge in [0.25, 0.3) is 0 Å². The first kappa shape index (κ1) is 63.4. The molecular formula is C72H95O7PS2. The number of aliphatic hydroxyl groups excluding tert-OH is 1. The van der Waals surface area contributed by atoms with Crippen LogP contribution in [0.15, 0.2) is 190 Å². The fourth-order valence-corrected chi connectivity index (χ4v) is 21.2. The number of sulfone groups is 2. The molecule has 0 amide bonds. The highest BCUT2D eigenvalue weighted by Crippen LogP contribution is 2.64. The number of carbonyl (C=O) groups is 1. The number of hydrogen-bond acceptors (Lipinski definition) is 7. The van der Waals surface area contributed by atoms with E-state index < -0.39 is 26.8 Å². The normalized spacial score (nSPS) is 29.9. The lowest BCUT2D eigenvalue weighted by molar-refractivity contribution is -0.140. The van der Waals surface area contributed by atoms with E-state index in [1.807, 2.05) is 72.8 Å². The number of hydrogen-bond donors (Lipinski definition) is 1. The molecule has 4 unspecified atom stereocenters. The van der Waals surface area contributed by atoms with E-state index in [9.17, 15) is 31.3 Å². The molecule has 10 heteroatoms. The van der Waals surface area contributed by atoms with Gasteiger partial charge in [-0.15, -0.1) is 0 Å². The summed E-state index contributed by atoms with van der Waals surface area (Å²) >= 11 is 0. The molecule has 0 saturated heterocycles. The second-order valence-electron chi connectivity index (χ2n) is 26.3. The number of carbonyl (C=O) groups excluding carboxylic acids is 1. The molecular weight excluding hydrogens is 1070 g/mol. The van der Waals surface area contributed by atoms with Crippen LogP contribution >= 0.6 is 7.14 Å². The molecule has 0 aromatic heterocycles. The molecule has 0 heterocycles. The van der Waals surface area contributed by atoms with E-state index in [-0.39, 0.29) is 33.9 Å². The van der Waals surface area contributed by atoms with Crippen molar-refractivity contribution in [2.24, 2.45) is 51.8 Å². The van der Waals surface area contributed by atoms with Crippen molar-refractivity contribution in [3.8, 4) is 0 Å². The maximum atomic E-state index is 14.0. The predicted molar refractivity (Wildman–Crippen MR) is 341 cm³/mol. The summed E-state index contributed by atoms with van der Waals surface area (Å²) in [5, 5.41) is 11.9. The molecule has 6 aliphatic rings. The average Bonchev–Trinajstić information content (AvgIpc) is 4.23. The Morgan fingerprint density at radius 3 is 1.70 bits per heavy atom. The summed E-state index contributed by atoms with van der Waals surface area (Å²) in [6.07, 6.45) is 25.1. The van der Waals surface area contributed by atoms with Crippen molar-refractivity contribution in [2.75, 3.05) is 17.7 Å². The van der Waals surface area contributed by atoms with Crippen molar-refractivity contribution in [2.45, 2.75) is 173 Å². The Labute approximate surface area is 494 Å². The van der Waals surface area contributed by atoms with Gasteiger partial charge in [0, 0.05) is 28.6 Å². The molecule has 10 rings (SSSR count). The first-order chi connectivity index (χ1) is 39.0. The van der Waals surface area contributed by atoms with Gasteiger partial charge in [-0.3, -0.25) is 4.79 Å². The monoisotopic (exact) mass is 1170 g/mol. The Kier molecular flexibility index (Phi) is 21.0. The molecule has 4 aromatic carbocycles. The molecule has 6 saturated carbocycles. The summed E-state index contributed by atoms with van der Waals surface area (Å²) in [6.45, 7) is 22.1. The molecule has 4 aromatic rings. The van der Waals surface area contributed by atoms with E-state index in [0.717, 1.165) is 87.7 Å². The third kappa shape index (κ3) is 14.3. The molecule has 1 N–H and O–H groups in total. The van der Waals surface area contributed by atoms with Gasteiger partial charge in [-0.25, -0.2) is 16.8 Å². The Hall–Kier alpha value is -4.66. The molecule has 10 atom stereocenters. The van der Waals surface area contributed by atoms with Gasteiger partial charge in [0.2, 0.25) is 0 Å². The second kappa shape index (κ2) is 27.1. The third-order valence-corrected chi connectivity index (χ3v) is 27.6. The predicted octanol–water partition coefficient (Wildman–Crippen LogP) is 16.6. The minimum Gasteiger partial charge on any atom is -0.393 e. The Morgan fingerprint density at radius 2 is 1.12 bits per heavy atom. The van der Waals surface area contributed by atoms with Gasteiger partial charge in [0.1, 0.15) is 12.9 Å². The summed E-state index contributed by atoms with van der Waals surface area (Å²) in [5.41, 5.74) is 6.54. The molecule has 7 nitrogen and oxygen atoms in total. The van der Waals surface area contributed by atoms with Crippen LogP contribution in [0.5, 0.6) is 0 Å². The summed E-state index contributed by atoms with van der Waals surface area (Å²) < 4.78 is 64.7. The van der Waals surface area contributed by atoms with Crippen LogP contribution in [0.1, 0.15) is 157 Å². The standard InChI is InChI=1S/C29H40O3S.C22H25OP.C21H30O3S/c1-21-11-14-25(30)20-24(21)13-12-23-8-7-18-29(3)27(15-16-28(23)29)22(2)17-19-33(31,32)26-9-5-4-6-10-26;1-18-13-14-19(2)20(17-18)15-16-24(23,21-9-5-3-6-10-21)22-11-7-4-8-12-22;1-16(12-15-25(23,24)17-8-5-4-6-9-17)18-11-14-21(3)19(22)10-7-13-20(18,21)2/h4-6,9-10,12-13,22,25,27-28,30H,1,7-8,11,14-20H2,2-3H3;3-12,15,18H,2,13-14,16-17H2,1H3;4-6,8-9,16,18H,7,10-15H2,1-3H3/b23-12+,24-13-;20-15-;/t22?,25-,27?,28-,29+;18-;16?,18?,20-,21+/m001/s1. The van der Waals surface area contributed by atoms with Gasteiger partial charge in [-0.1, -0.05) is 187 Å².